The molecule has 5 aromatic rings. The Morgan fingerprint density at radius 1 is 0.955 bits per heavy atom. The average Bonchev–Trinajstić information content (AvgIpc) is 4.15. The Balaban J connectivity index is 1.00. The molecule has 0 aliphatic carbocycles. The van der Waals surface area contributed by atoms with Crippen molar-refractivity contribution in [3.05, 3.63) is 107 Å². The maximum atomic E-state index is 16.8. The first-order valence-electron chi connectivity index (χ1n) is 22.5. The molecule has 5 heterocycles. The Labute approximate surface area is 380 Å². The summed E-state index contributed by atoms with van der Waals surface area (Å²) in [5.74, 6) is -4.61. The van der Waals surface area contributed by atoms with Gasteiger partial charge in [0.1, 0.15) is 23.9 Å². The van der Waals surface area contributed by atoms with Crippen molar-refractivity contribution in [3.8, 4) is 5.75 Å². The highest BCUT2D eigenvalue weighted by Gasteiger charge is 2.50. The van der Waals surface area contributed by atoms with Crippen molar-refractivity contribution < 1.29 is 51.4 Å². The number of nitrogens with zero attached hydrogens (tertiary/aromatic N) is 4. The van der Waals surface area contributed by atoms with Gasteiger partial charge in [0.05, 0.1) is 37.3 Å². The number of hydrogen-bond donors (Lipinski definition) is 2. The van der Waals surface area contributed by atoms with E-state index in [1.165, 1.54) is 42.2 Å². The van der Waals surface area contributed by atoms with Crippen molar-refractivity contribution in [1.82, 2.24) is 30.3 Å². The summed E-state index contributed by atoms with van der Waals surface area (Å²) in [4.78, 5) is 75.4. The molecule has 1 aromatic heterocycles. The number of benzene rings is 4. The summed E-state index contributed by atoms with van der Waals surface area (Å²) in [5, 5.41) is 11.2. The molecule has 2 N–H and O–H groups in total. The number of hydrogen-bond acceptors (Lipinski definition) is 11. The highest BCUT2D eigenvalue weighted by Crippen LogP contribution is 2.58. The molecule has 4 amide bonds. The van der Waals surface area contributed by atoms with Gasteiger partial charge in [0, 0.05) is 24.7 Å². The van der Waals surface area contributed by atoms with Crippen molar-refractivity contribution in [3.63, 3.8) is 0 Å². The fourth-order valence-corrected chi connectivity index (χ4v) is 11.5. The summed E-state index contributed by atoms with van der Waals surface area (Å²) in [7, 11) is -4.54. The number of carbonyl (C=O) groups excluding carboxylic acids is 5. The van der Waals surface area contributed by atoms with Gasteiger partial charge in [-0.05, 0) is 105 Å². The summed E-state index contributed by atoms with van der Waals surface area (Å²) < 4.78 is 53.5. The number of esters is 1. The molecule has 8 atom stereocenters. The van der Waals surface area contributed by atoms with Gasteiger partial charge in [0.15, 0.2) is 11.3 Å². The zero-order valence-corrected chi connectivity index (χ0v) is 37.8. The minimum Gasteiger partial charge on any atom is -0.465 e. The van der Waals surface area contributed by atoms with Gasteiger partial charge < -0.3 is 38.5 Å². The number of alkyl halides is 1. The van der Waals surface area contributed by atoms with Gasteiger partial charge >= 0.3 is 13.5 Å². The van der Waals surface area contributed by atoms with Gasteiger partial charge in [-0.2, -0.15) is 0 Å². The van der Waals surface area contributed by atoms with E-state index in [1.807, 2.05) is 30.9 Å². The Morgan fingerprint density at radius 3 is 2.52 bits per heavy atom. The van der Waals surface area contributed by atoms with Crippen LogP contribution in [-0.4, -0.2) is 119 Å². The summed E-state index contributed by atoms with van der Waals surface area (Å²) in [6.07, 6.45) is 2.69. The third kappa shape index (κ3) is 8.91. The molecule has 18 heteroatoms. The Bertz CT molecular complexity index is 2740. The largest absolute Gasteiger partial charge is 0.465 e. The van der Waals surface area contributed by atoms with Crippen LogP contribution in [0.5, 0.6) is 5.75 Å². The smallest absolute Gasteiger partial charge is 0.355 e. The SMILES string of the molecule is CCCOC(=O)[C@H](C)NP(=O)(Oc1ccccc1)C(F)c1ccc2ccc(C(=O)N[C@H]3CN(C(=O)c4noc5ccc(C)cc45)CC[C@H]4CC[C@@H](C(=O)N5C[C@@H]6C[C@H]5CO6)N4C3=O)cc2c1. The number of fused-ring (bicyclic) bond motifs is 5. The minimum atomic E-state index is -4.54. The van der Waals surface area contributed by atoms with Gasteiger partial charge in [-0.1, -0.05) is 60.1 Å². The van der Waals surface area contributed by atoms with Crippen LogP contribution in [0.3, 0.4) is 0 Å². The molecule has 66 heavy (non-hydrogen) atoms. The van der Waals surface area contributed by atoms with E-state index >= 15 is 4.39 Å². The predicted octanol–water partition coefficient (Wildman–Crippen LogP) is 6.46. The molecule has 4 aliphatic heterocycles. The summed E-state index contributed by atoms with van der Waals surface area (Å²) in [6, 6.07) is 19.1. The Morgan fingerprint density at radius 2 is 1.76 bits per heavy atom. The van der Waals surface area contributed by atoms with Crippen LogP contribution >= 0.6 is 7.52 Å². The fraction of sp³-hybridized carbons (Fsp3) is 0.417. The summed E-state index contributed by atoms with van der Waals surface area (Å²) >= 11 is 0. The number of aryl methyl sites for hydroxylation is 1. The number of likely N-dealkylation sites (tertiary alicyclic amines) is 1. The number of amides is 4. The van der Waals surface area contributed by atoms with E-state index in [9.17, 15) is 28.5 Å². The third-order valence-corrected chi connectivity index (χ3v) is 15.1. The molecule has 0 radical (unpaired) electrons. The monoisotopic (exact) mass is 922 g/mol. The standard InChI is InChI=1S/C48H52FN6O10P/c1-4-20-62-48(60)29(3)52-66(61,65-36-8-6-5-7-9-36)43(49)31-13-11-30-12-14-32(23-33(30)22-31)44(56)50-39-26-53(47(59)42-38-21-28(2)10-17-41(38)64-51-42)19-18-34-15-16-40(55(34)45(39)57)46(58)54-25-37-24-35(54)27-63-37/h5-14,17,21-23,29,34-35,37,39-40,43H,4,15-16,18-20,24-27H2,1-3H3,(H,50,56)(H,52,61)/t29-,34+,35-,37-,39-,40-,43?,66?/m0/s1. The molecule has 4 fully saturated rings. The van der Waals surface area contributed by atoms with Crippen LogP contribution in [0.1, 0.15) is 83.8 Å². The van der Waals surface area contributed by atoms with Gasteiger partial charge in [-0.3, -0.25) is 28.5 Å². The van der Waals surface area contributed by atoms with Crippen LogP contribution in [0.15, 0.2) is 89.5 Å². The second kappa shape index (κ2) is 18.6. The van der Waals surface area contributed by atoms with Crippen molar-refractivity contribution in [1.29, 1.82) is 0 Å². The second-order valence-electron chi connectivity index (χ2n) is 17.6. The van der Waals surface area contributed by atoms with E-state index in [4.69, 9.17) is 18.5 Å². The average molecular weight is 923 g/mol. The molecule has 0 saturated carbocycles. The molecule has 9 rings (SSSR count). The van der Waals surface area contributed by atoms with Crippen molar-refractivity contribution in [2.24, 2.45) is 0 Å². The first-order chi connectivity index (χ1) is 31.8. The number of carbonyl (C=O) groups is 5. The number of nitrogens with one attached hydrogen (secondary N) is 2. The first-order valence-corrected chi connectivity index (χ1v) is 24.2. The second-order valence-corrected chi connectivity index (χ2v) is 19.7. The van der Waals surface area contributed by atoms with E-state index in [2.05, 4.69) is 15.6 Å². The molecule has 346 valence electrons. The van der Waals surface area contributed by atoms with E-state index in [0.717, 1.165) is 12.0 Å². The van der Waals surface area contributed by atoms with Crippen molar-refractivity contribution >= 4 is 58.9 Å². The molecule has 4 aromatic carbocycles. The highest BCUT2D eigenvalue weighted by molar-refractivity contribution is 7.57. The van der Waals surface area contributed by atoms with Crippen molar-refractivity contribution in [2.45, 2.75) is 95.1 Å². The number of para-hydroxylation sites is 1. The van der Waals surface area contributed by atoms with E-state index < -0.39 is 55.2 Å². The lowest BCUT2D eigenvalue weighted by molar-refractivity contribution is -0.149. The molecule has 4 saturated heterocycles. The van der Waals surface area contributed by atoms with Crippen molar-refractivity contribution in [2.75, 3.05) is 32.8 Å². The number of ether oxygens (including phenoxy) is 2. The third-order valence-electron chi connectivity index (χ3n) is 12.9. The van der Waals surface area contributed by atoms with Crippen LogP contribution in [0.25, 0.3) is 21.7 Å². The predicted molar refractivity (Wildman–Crippen MR) is 240 cm³/mol. The minimum absolute atomic E-state index is 0.0235. The molecule has 16 nitrogen and oxygen atoms in total. The van der Waals surface area contributed by atoms with Crippen LogP contribution in [0, 0.1) is 6.92 Å². The maximum absolute atomic E-state index is 16.8. The summed E-state index contributed by atoms with van der Waals surface area (Å²) in [6.45, 7) is 6.19. The topological polar surface area (TPSA) is 190 Å². The molecule has 4 aliphatic rings. The Hall–Kier alpha value is -6.16. The zero-order chi connectivity index (χ0) is 46.3. The molecular weight excluding hydrogens is 871 g/mol. The van der Waals surface area contributed by atoms with Gasteiger partial charge in [-0.15, -0.1) is 0 Å². The van der Waals surface area contributed by atoms with Crippen LogP contribution in [0.2, 0.25) is 0 Å². The Kier molecular flexibility index (Phi) is 12.7. The van der Waals surface area contributed by atoms with E-state index in [1.54, 1.807) is 47.4 Å². The lowest BCUT2D eigenvalue weighted by atomic mass is 10.0. The number of halogens is 1. The van der Waals surface area contributed by atoms with Crippen LogP contribution in [0.4, 0.5) is 4.39 Å². The van der Waals surface area contributed by atoms with Crippen LogP contribution in [-0.2, 0) is 28.4 Å². The highest BCUT2D eigenvalue weighted by atomic mass is 31.2. The van der Waals surface area contributed by atoms with Crippen LogP contribution < -0.4 is 14.9 Å². The molecule has 2 unspecified atom stereocenters. The van der Waals surface area contributed by atoms with E-state index in [0.29, 0.717) is 60.6 Å². The quantitative estimate of drug-likeness (QED) is 0.0970. The zero-order valence-electron chi connectivity index (χ0n) is 36.9. The lowest BCUT2D eigenvalue weighted by Gasteiger charge is -2.40. The van der Waals surface area contributed by atoms with Gasteiger partial charge in [0.25, 0.3) is 11.8 Å². The first kappa shape index (κ1) is 45.0. The van der Waals surface area contributed by atoms with Gasteiger partial charge in [-0.25, -0.2) is 9.48 Å². The number of aromatic nitrogens is 1. The van der Waals surface area contributed by atoms with E-state index in [-0.39, 0.29) is 66.4 Å². The molecule has 2 bridgehead atoms. The maximum Gasteiger partial charge on any atom is 0.355 e. The normalized spacial score (nSPS) is 23.5. The number of morpholine rings is 1. The summed E-state index contributed by atoms with van der Waals surface area (Å²) in [5.41, 5.74) is 1.50. The lowest BCUT2D eigenvalue weighted by Crippen LogP contribution is -2.61. The van der Waals surface area contributed by atoms with Gasteiger partial charge in [0.2, 0.25) is 17.7 Å². The number of rotatable bonds is 13. The fourth-order valence-electron chi connectivity index (χ4n) is 9.54. The molecular formula is C48H52FN6O10P. The molecule has 0 spiro atoms.